The minimum Gasteiger partial charge on any atom is -0.301 e. The van der Waals surface area contributed by atoms with Crippen molar-refractivity contribution in [2.45, 2.75) is 20.3 Å². The first kappa shape index (κ1) is 15.5. The number of hydrogen-bond acceptors (Lipinski definition) is 4. The summed E-state index contributed by atoms with van der Waals surface area (Å²) in [5.74, 6) is -0.353. The maximum absolute atomic E-state index is 11.9. The Labute approximate surface area is 132 Å². The molecule has 2 rings (SSSR count). The molecule has 0 radical (unpaired) electrons. The highest BCUT2D eigenvalue weighted by Crippen LogP contribution is 2.24. The van der Waals surface area contributed by atoms with Crippen molar-refractivity contribution in [3.8, 4) is 6.07 Å². The number of anilines is 1. The molecule has 4 nitrogen and oxygen atoms in total. The Balaban J connectivity index is 2.06. The molecule has 1 aromatic heterocycles. The predicted molar refractivity (Wildman–Crippen MR) is 84.4 cm³/mol. The number of thiazole rings is 1. The molecular formula is C15H14ClN3OS. The Hall–Kier alpha value is -1.90. The lowest BCUT2D eigenvalue weighted by Gasteiger charge is -2.12. The molecule has 21 heavy (non-hydrogen) atoms. The summed E-state index contributed by atoms with van der Waals surface area (Å²) in [5, 5.41) is 12.8. The van der Waals surface area contributed by atoms with Crippen LogP contribution in [-0.4, -0.2) is 10.9 Å². The minimum atomic E-state index is -1.07. The summed E-state index contributed by atoms with van der Waals surface area (Å²) in [7, 11) is 0. The van der Waals surface area contributed by atoms with E-state index in [4.69, 9.17) is 16.9 Å². The van der Waals surface area contributed by atoms with E-state index >= 15 is 0 Å². The molecule has 0 aliphatic heterocycles. The topological polar surface area (TPSA) is 65.8 Å². The molecule has 1 aromatic carbocycles. The van der Waals surface area contributed by atoms with Crippen molar-refractivity contribution in [1.82, 2.24) is 4.98 Å². The third-order valence-electron chi connectivity index (χ3n) is 2.89. The molecular weight excluding hydrogens is 306 g/mol. The summed E-state index contributed by atoms with van der Waals surface area (Å²) in [6, 6.07) is 9.58. The zero-order chi connectivity index (χ0) is 15.5. The second kappa shape index (κ2) is 6.25. The lowest BCUT2D eigenvalue weighted by molar-refractivity contribution is -0.121. The molecule has 1 amide bonds. The Bertz CT molecular complexity index is 703. The van der Waals surface area contributed by atoms with E-state index in [2.05, 4.69) is 10.3 Å². The van der Waals surface area contributed by atoms with E-state index in [1.54, 1.807) is 20.0 Å². The number of nitrogens with one attached hydrogen (secondary N) is 1. The van der Waals surface area contributed by atoms with E-state index in [9.17, 15) is 4.79 Å². The minimum absolute atomic E-state index is 0.353. The van der Waals surface area contributed by atoms with Crippen molar-refractivity contribution in [3.63, 3.8) is 0 Å². The average molecular weight is 320 g/mol. The summed E-state index contributed by atoms with van der Waals surface area (Å²) >= 11 is 7.34. The Morgan fingerprint density at radius 3 is 2.95 bits per heavy atom. The molecule has 0 saturated heterocycles. The smallest absolute Gasteiger partial charge is 0.246 e. The SMILES string of the molecule is CC(C)(C#N)C(=O)Nc1ncc(Cc2cccc(Cl)c2)s1. The van der Waals surface area contributed by atoms with Crippen LogP contribution in [0.5, 0.6) is 0 Å². The summed E-state index contributed by atoms with van der Waals surface area (Å²) in [6.45, 7) is 3.14. The molecule has 108 valence electrons. The zero-order valence-electron chi connectivity index (χ0n) is 11.7. The average Bonchev–Trinajstić information content (AvgIpc) is 2.86. The van der Waals surface area contributed by atoms with Gasteiger partial charge in [-0.05, 0) is 31.5 Å². The van der Waals surface area contributed by atoms with Crippen LogP contribution in [0.3, 0.4) is 0 Å². The van der Waals surface area contributed by atoms with Gasteiger partial charge in [-0.25, -0.2) is 4.98 Å². The fraction of sp³-hybridized carbons (Fsp3) is 0.267. The van der Waals surface area contributed by atoms with E-state index in [0.717, 1.165) is 10.4 Å². The third-order valence-corrected chi connectivity index (χ3v) is 4.04. The number of nitriles is 1. The molecule has 0 unspecified atom stereocenters. The lowest BCUT2D eigenvalue weighted by atomic mass is 9.95. The summed E-state index contributed by atoms with van der Waals surface area (Å²) in [6.07, 6.45) is 2.43. The van der Waals surface area contributed by atoms with Gasteiger partial charge in [0.25, 0.3) is 0 Å². The second-order valence-corrected chi connectivity index (χ2v) is 6.68. The number of aromatic nitrogens is 1. The normalized spacial score (nSPS) is 11.0. The number of halogens is 1. The molecule has 0 fully saturated rings. The summed E-state index contributed by atoms with van der Waals surface area (Å²) in [5.41, 5.74) is 0.0140. The first-order valence-corrected chi connectivity index (χ1v) is 7.52. The summed E-state index contributed by atoms with van der Waals surface area (Å²) in [4.78, 5) is 17.1. The Morgan fingerprint density at radius 1 is 1.52 bits per heavy atom. The van der Waals surface area contributed by atoms with Crippen LogP contribution in [-0.2, 0) is 11.2 Å². The van der Waals surface area contributed by atoms with Gasteiger partial charge < -0.3 is 5.32 Å². The van der Waals surface area contributed by atoms with Gasteiger partial charge in [-0.3, -0.25) is 4.79 Å². The van der Waals surface area contributed by atoms with Crippen molar-refractivity contribution >= 4 is 34.0 Å². The van der Waals surface area contributed by atoms with Gasteiger partial charge >= 0.3 is 0 Å². The van der Waals surface area contributed by atoms with Crippen LogP contribution in [0.1, 0.15) is 24.3 Å². The fourth-order valence-electron chi connectivity index (χ4n) is 1.60. The number of carbonyl (C=O) groups excluding carboxylic acids is 1. The van der Waals surface area contributed by atoms with Gasteiger partial charge in [-0.15, -0.1) is 11.3 Å². The van der Waals surface area contributed by atoms with Crippen LogP contribution in [0, 0.1) is 16.7 Å². The van der Waals surface area contributed by atoms with Gasteiger partial charge in [0.15, 0.2) is 5.13 Å². The van der Waals surface area contributed by atoms with Crippen molar-refractivity contribution in [2.24, 2.45) is 5.41 Å². The van der Waals surface area contributed by atoms with Gasteiger partial charge in [0.2, 0.25) is 5.91 Å². The molecule has 0 spiro atoms. The van der Waals surface area contributed by atoms with Crippen molar-refractivity contribution in [3.05, 3.63) is 45.9 Å². The molecule has 2 aromatic rings. The second-order valence-electron chi connectivity index (χ2n) is 5.13. The van der Waals surface area contributed by atoms with Crippen LogP contribution in [0.4, 0.5) is 5.13 Å². The number of carbonyl (C=O) groups is 1. The molecule has 0 aliphatic carbocycles. The molecule has 0 aliphatic rings. The van der Waals surface area contributed by atoms with Crippen LogP contribution in [0.25, 0.3) is 0 Å². The molecule has 0 saturated carbocycles. The quantitative estimate of drug-likeness (QED) is 0.930. The van der Waals surface area contributed by atoms with Crippen molar-refractivity contribution < 1.29 is 4.79 Å². The van der Waals surface area contributed by atoms with Gasteiger partial charge in [-0.1, -0.05) is 23.7 Å². The largest absolute Gasteiger partial charge is 0.301 e. The first-order chi connectivity index (χ1) is 9.90. The highest BCUT2D eigenvalue weighted by atomic mass is 35.5. The predicted octanol–water partition coefficient (Wildman–Crippen LogP) is 3.88. The fourth-order valence-corrected chi connectivity index (χ4v) is 2.65. The van der Waals surface area contributed by atoms with E-state index in [1.807, 2.05) is 30.3 Å². The maximum atomic E-state index is 11.9. The Kier molecular flexibility index (Phi) is 4.61. The molecule has 6 heteroatoms. The van der Waals surface area contributed by atoms with Crippen molar-refractivity contribution in [1.29, 1.82) is 5.26 Å². The monoisotopic (exact) mass is 319 g/mol. The molecule has 0 atom stereocenters. The van der Waals surface area contributed by atoms with Crippen LogP contribution in [0.2, 0.25) is 5.02 Å². The van der Waals surface area contributed by atoms with Crippen LogP contribution >= 0.6 is 22.9 Å². The third kappa shape index (κ3) is 4.03. The molecule has 1 heterocycles. The van der Waals surface area contributed by atoms with Gasteiger partial charge in [-0.2, -0.15) is 5.26 Å². The van der Waals surface area contributed by atoms with E-state index < -0.39 is 5.41 Å². The summed E-state index contributed by atoms with van der Waals surface area (Å²) < 4.78 is 0. The van der Waals surface area contributed by atoms with Crippen LogP contribution in [0.15, 0.2) is 30.5 Å². The molecule has 0 bridgehead atoms. The lowest BCUT2D eigenvalue weighted by Crippen LogP contribution is -2.29. The van der Waals surface area contributed by atoms with Gasteiger partial charge in [0, 0.05) is 22.5 Å². The number of benzene rings is 1. The van der Waals surface area contributed by atoms with E-state index in [0.29, 0.717) is 16.6 Å². The number of amides is 1. The van der Waals surface area contributed by atoms with Gasteiger partial charge in [0.05, 0.1) is 6.07 Å². The van der Waals surface area contributed by atoms with Crippen LogP contribution < -0.4 is 5.32 Å². The van der Waals surface area contributed by atoms with Gasteiger partial charge in [0.1, 0.15) is 5.41 Å². The number of hydrogen-bond donors (Lipinski definition) is 1. The standard InChI is InChI=1S/C15H14ClN3OS/c1-15(2,9-17)13(20)19-14-18-8-12(21-14)7-10-4-3-5-11(16)6-10/h3-6,8H,7H2,1-2H3,(H,18,19,20). The van der Waals surface area contributed by atoms with E-state index in [1.165, 1.54) is 11.3 Å². The highest BCUT2D eigenvalue weighted by molar-refractivity contribution is 7.15. The Morgan fingerprint density at radius 2 is 2.29 bits per heavy atom. The van der Waals surface area contributed by atoms with Crippen molar-refractivity contribution in [2.75, 3.05) is 5.32 Å². The zero-order valence-corrected chi connectivity index (χ0v) is 13.3. The van der Waals surface area contributed by atoms with E-state index in [-0.39, 0.29) is 5.91 Å². The number of rotatable bonds is 4. The molecule has 1 N–H and O–H groups in total. The first-order valence-electron chi connectivity index (χ1n) is 6.32. The highest BCUT2D eigenvalue weighted by Gasteiger charge is 2.27. The number of nitrogens with zero attached hydrogens (tertiary/aromatic N) is 2. The maximum Gasteiger partial charge on any atom is 0.246 e.